The van der Waals surface area contributed by atoms with Gasteiger partial charge in [0.05, 0.1) is 12.8 Å². The fourth-order valence-electron chi connectivity index (χ4n) is 4.26. The number of carbonyl (C=O) groups excluding carboxylic acids is 2. The van der Waals surface area contributed by atoms with Gasteiger partial charge in [0.1, 0.15) is 5.54 Å². The molecule has 1 saturated heterocycles. The van der Waals surface area contributed by atoms with Gasteiger partial charge in [-0.25, -0.2) is 8.42 Å². The molecule has 1 aliphatic carbocycles. The molecule has 1 heterocycles. The highest BCUT2D eigenvalue weighted by Crippen LogP contribution is 2.31. The monoisotopic (exact) mass is 421 g/mol. The standard InChI is InChI=1S/C21H31N3O4S/c1-16-10-12-18(13-11-16)24-19(25)14-23(29(3,27)28)15-21(24,2)20(26)22-17-8-6-4-5-7-9-17/h10-13,17H,4-9,14-15H2,1-3H3,(H,22,26)/t21-/m1/s1. The van der Waals surface area contributed by atoms with E-state index in [4.69, 9.17) is 0 Å². The quantitative estimate of drug-likeness (QED) is 0.755. The molecule has 0 aromatic heterocycles. The number of nitrogens with one attached hydrogen (secondary N) is 1. The van der Waals surface area contributed by atoms with E-state index in [1.807, 2.05) is 19.1 Å². The van der Waals surface area contributed by atoms with E-state index < -0.39 is 21.5 Å². The van der Waals surface area contributed by atoms with Crippen molar-refractivity contribution in [2.75, 3.05) is 24.2 Å². The van der Waals surface area contributed by atoms with Gasteiger partial charge < -0.3 is 5.32 Å². The highest BCUT2D eigenvalue weighted by molar-refractivity contribution is 7.88. The average Bonchev–Trinajstić information content (AvgIpc) is 2.90. The first-order valence-electron chi connectivity index (χ1n) is 10.3. The Morgan fingerprint density at radius 3 is 2.24 bits per heavy atom. The van der Waals surface area contributed by atoms with E-state index in [1.54, 1.807) is 19.1 Å². The molecule has 29 heavy (non-hydrogen) atoms. The molecule has 1 aliphatic heterocycles. The van der Waals surface area contributed by atoms with E-state index in [2.05, 4.69) is 5.32 Å². The minimum absolute atomic E-state index is 0.0606. The van der Waals surface area contributed by atoms with E-state index >= 15 is 0 Å². The van der Waals surface area contributed by atoms with Crippen LogP contribution in [0.15, 0.2) is 24.3 Å². The number of piperazine rings is 1. The summed E-state index contributed by atoms with van der Waals surface area (Å²) in [7, 11) is -3.61. The predicted molar refractivity (Wildman–Crippen MR) is 113 cm³/mol. The molecule has 0 radical (unpaired) electrons. The van der Waals surface area contributed by atoms with Crippen LogP contribution in [0.4, 0.5) is 5.69 Å². The lowest BCUT2D eigenvalue weighted by atomic mass is 9.93. The van der Waals surface area contributed by atoms with Crippen molar-refractivity contribution in [1.82, 2.24) is 9.62 Å². The molecular formula is C21H31N3O4S. The van der Waals surface area contributed by atoms with Crippen molar-refractivity contribution in [3.05, 3.63) is 29.8 Å². The summed E-state index contributed by atoms with van der Waals surface area (Å²) < 4.78 is 25.5. The molecule has 1 saturated carbocycles. The average molecular weight is 422 g/mol. The third-order valence-electron chi connectivity index (χ3n) is 5.98. The van der Waals surface area contributed by atoms with Crippen LogP contribution in [-0.2, 0) is 19.6 Å². The molecule has 0 unspecified atom stereocenters. The van der Waals surface area contributed by atoms with Crippen LogP contribution in [0.1, 0.15) is 51.0 Å². The Morgan fingerprint density at radius 1 is 1.10 bits per heavy atom. The van der Waals surface area contributed by atoms with Gasteiger partial charge in [-0.3, -0.25) is 14.5 Å². The number of nitrogens with zero attached hydrogens (tertiary/aromatic N) is 2. The van der Waals surface area contributed by atoms with Crippen LogP contribution in [-0.4, -0.2) is 55.5 Å². The first-order valence-corrected chi connectivity index (χ1v) is 12.1. The normalized spacial score (nSPS) is 24.9. The van der Waals surface area contributed by atoms with E-state index in [0.717, 1.165) is 41.8 Å². The molecule has 2 aliphatic rings. The van der Waals surface area contributed by atoms with Crippen molar-refractivity contribution in [3.8, 4) is 0 Å². The molecule has 2 amide bonds. The number of benzene rings is 1. The maximum atomic E-state index is 13.4. The molecular weight excluding hydrogens is 390 g/mol. The molecule has 1 N–H and O–H groups in total. The number of anilines is 1. The van der Waals surface area contributed by atoms with Crippen LogP contribution >= 0.6 is 0 Å². The summed E-state index contributed by atoms with van der Waals surface area (Å²) >= 11 is 0. The number of sulfonamides is 1. The predicted octanol–water partition coefficient (Wildman–Crippen LogP) is 2.20. The Kier molecular flexibility index (Phi) is 6.33. The Labute approximate surface area is 173 Å². The van der Waals surface area contributed by atoms with Crippen LogP contribution in [0.5, 0.6) is 0 Å². The Hall–Kier alpha value is -1.93. The summed E-state index contributed by atoms with van der Waals surface area (Å²) in [5, 5.41) is 3.12. The molecule has 2 fully saturated rings. The number of aryl methyl sites for hydroxylation is 1. The third-order valence-corrected chi connectivity index (χ3v) is 7.18. The first-order chi connectivity index (χ1) is 13.6. The van der Waals surface area contributed by atoms with Crippen LogP contribution in [0.25, 0.3) is 0 Å². The fraction of sp³-hybridized carbons (Fsp3) is 0.619. The van der Waals surface area contributed by atoms with Crippen LogP contribution in [0, 0.1) is 6.92 Å². The zero-order valence-electron chi connectivity index (χ0n) is 17.5. The lowest BCUT2D eigenvalue weighted by molar-refractivity contribution is -0.133. The minimum Gasteiger partial charge on any atom is -0.351 e. The number of amides is 2. The van der Waals surface area contributed by atoms with Gasteiger partial charge in [0.2, 0.25) is 21.8 Å². The highest BCUT2D eigenvalue weighted by Gasteiger charge is 2.50. The van der Waals surface area contributed by atoms with Crippen molar-refractivity contribution >= 4 is 27.5 Å². The Morgan fingerprint density at radius 2 is 1.69 bits per heavy atom. The van der Waals surface area contributed by atoms with E-state index in [-0.39, 0.29) is 25.0 Å². The zero-order valence-corrected chi connectivity index (χ0v) is 18.3. The van der Waals surface area contributed by atoms with E-state index in [1.165, 1.54) is 17.7 Å². The molecule has 8 heteroatoms. The molecule has 3 rings (SSSR count). The summed E-state index contributed by atoms with van der Waals surface area (Å²) in [5.41, 5.74) is 0.327. The zero-order chi connectivity index (χ0) is 21.2. The minimum atomic E-state index is -3.61. The smallest absolute Gasteiger partial charge is 0.247 e. The topological polar surface area (TPSA) is 86.8 Å². The maximum absolute atomic E-state index is 13.4. The highest BCUT2D eigenvalue weighted by atomic mass is 32.2. The van der Waals surface area contributed by atoms with Gasteiger partial charge in [-0.1, -0.05) is 43.4 Å². The largest absolute Gasteiger partial charge is 0.351 e. The van der Waals surface area contributed by atoms with Crippen molar-refractivity contribution in [2.45, 2.75) is 64.0 Å². The molecule has 7 nitrogen and oxygen atoms in total. The van der Waals surface area contributed by atoms with Gasteiger partial charge in [-0.05, 0) is 38.8 Å². The van der Waals surface area contributed by atoms with Crippen LogP contribution in [0.2, 0.25) is 0 Å². The van der Waals surface area contributed by atoms with Gasteiger partial charge >= 0.3 is 0 Å². The molecule has 160 valence electrons. The van der Waals surface area contributed by atoms with Crippen LogP contribution in [0.3, 0.4) is 0 Å². The maximum Gasteiger partial charge on any atom is 0.247 e. The van der Waals surface area contributed by atoms with Crippen molar-refractivity contribution < 1.29 is 18.0 Å². The SMILES string of the molecule is Cc1ccc(N2C(=O)CN(S(C)(=O)=O)C[C@]2(C)C(=O)NC2CCCCCC2)cc1. The summed E-state index contributed by atoms with van der Waals surface area (Å²) in [6.45, 7) is 3.28. The Balaban J connectivity index is 1.95. The van der Waals surface area contributed by atoms with Crippen molar-refractivity contribution in [2.24, 2.45) is 0 Å². The van der Waals surface area contributed by atoms with E-state index in [9.17, 15) is 18.0 Å². The Bertz CT molecular complexity index is 860. The van der Waals surface area contributed by atoms with Crippen LogP contribution < -0.4 is 10.2 Å². The summed E-state index contributed by atoms with van der Waals surface area (Å²) in [5.74, 6) is -0.698. The van der Waals surface area contributed by atoms with Gasteiger partial charge in [0.15, 0.2) is 0 Å². The summed E-state index contributed by atoms with van der Waals surface area (Å²) in [4.78, 5) is 28.0. The fourth-order valence-corrected chi connectivity index (χ4v) is 5.09. The van der Waals surface area contributed by atoms with Crippen molar-refractivity contribution in [3.63, 3.8) is 0 Å². The second kappa shape index (κ2) is 8.44. The molecule has 1 aromatic carbocycles. The lowest BCUT2D eigenvalue weighted by Gasteiger charge is -2.47. The summed E-state index contributed by atoms with van der Waals surface area (Å²) in [6, 6.07) is 7.44. The van der Waals surface area contributed by atoms with Gasteiger partial charge in [-0.15, -0.1) is 0 Å². The molecule has 0 spiro atoms. The molecule has 1 atom stereocenters. The van der Waals surface area contributed by atoms with Gasteiger partial charge in [-0.2, -0.15) is 4.31 Å². The number of carbonyl (C=O) groups is 2. The molecule has 0 bridgehead atoms. The second-order valence-electron chi connectivity index (χ2n) is 8.53. The third kappa shape index (κ3) is 4.80. The molecule has 1 aromatic rings. The van der Waals surface area contributed by atoms with Crippen molar-refractivity contribution in [1.29, 1.82) is 0 Å². The first kappa shape index (κ1) is 21.8. The lowest BCUT2D eigenvalue weighted by Crippen LogP contribution is -2.70. The van der Waals surface area contributed by atoms with E-state index in [0.29, 0.717) is 5.69 Å². The van der Waals surface area contributed by atoms with Gasteiger partial charge in [0, 0.05) is 18.3 Å². The number of hydrogen-bond acceptors (Lipinski definition) is 4. The summed E-state index contributed by atoms with van der Waals surface area (Å²) in [6.07, 6.45) is 7.37. The van der Waals surface area contributed by atoms with Gasteiger partial charge in [0.25, 0.3) is 0 Å². The second-order valence-corrected chi connectivity index (χ2v) is 10.5. The number of hydrogen-bond donors (Lipinski definition) is 1. The number of rotatable bonds is 4.